The molecule has 5 heteroatoms. The number of carbonyl (C=O) groups excluding carboxylic acids is 1. The van der Waals surface area contributed by atoms with Gasteiger partial charge in [0.25, 0.3) is 0 Å². The van der Waals surface area contributed by atoms with Crippen LogP contribution in [0.4, 0.5) is 0 Å². The Bertz CT molecular complexity index is 313. The van der Waals surface area contributed by atoms with Crippen LogP contribution in [0.1, 0.15) is 26.1 Å². The summed E-state index contributed by atoms with van der Waals surface area (Å²) in [5.74, 6) is 0.809. The number of carbonyl (C=O) groups is 1. The predicted octanol–water partition coefficient (Wildman–Crippen LogP) is 0.481. The first kappa shape index (κ1) is 12.6. The maximum Gasteiger partial charge on any atom is 0.221 e. The first-order valence-electron chi connectivity index (χ1n) is 5.44. The van der Waals surface area contributed by atoms with Crippen LogP contribution in [0, 0.1) is 0 Å². The number of amides is 1. The van der Waals surface area contributed by atoms with Gasteiger partial charge in [-0.15, -0.1) is 0 Å². The van der Waals surface area contributed by atoms with E-state index in [4.69, 9.17) is 0 Å². The molecule has 1 amide bonds. The summed E-state index contributed by atoms with van der Waals surface area (Å²) in [6.07, 6.45) is 3.88. The number of rotatable bonds is 6. The molecule has 1 rings (SSSR count). The molecule has 0 bridgehead atoms. The second-order valence-electron chi connectivity index (χ2n) is 3.81. The highest BCUT2D eigenvalue weighted by molar-refractivity contribution is 5.76. The first-order valence-corrected chi connectivity index (χ1v) is 5.44. The Morgan fingerprint density at radius 1 is 1.38 bits per heavy atom. The maximum absolute atomic E-state index is 11.3. The Labute approximate surface area is 95.7 Å². The fourth-order valence-corrected chi connectivity index (χ4v) is 1.22. The van der Waals surface area contributed by atoms with Gasteiger partial charge in [-0.25, -0.2) is 9.97 Å². The second-order valence-corrected chi connectivity index (χ2v) is 3.81. The maximum atomic E-state index is 11.3. The topological polar surface area (TPSA) is 66.9 Å². The van der Waals surface area contributed by atoms with E-state index in [0.29, 0.717) is 19.5 Å². The van der Waals surface area contributed by atoms with Gasteiger partial charge >= 0.3 is 0 Å². The van der Waals surface area contributed by atoms with E-state index in [1.54, 1.807) is 18.5 Å². The lowest BCUT2D eigenvalue weighted by atomic mass is 10.3. The van der Waals surface area contributed by atoms with Crippen LogP contribution in [0.2, 0.25) is 0 Å². The van der Waals surface area contributed by atoms with E-state index < -0.39 is 0 Å². The van der Waals surface area contributed by atoms with Crippen molar-refractivity contribution in [2.24, 2.45) is 0 Å². The van der Waals surface area contributed by atoms with Gasteiger partial charge in [-0.3, -0.25) is 4.79 Å². The first-order chi connectivity index (χ1) is 7.68. The van der Waals surface area contributed by atoms with Crippen LogP contribution < -0.4 is 10.6 Å². The second kappa shape index (κ2) is 6.90. The van der Waals surface area contributed by atoms with Crippen molar-refractivity contribution >= 4 is 5.91 Å². The number of aromatic nitrogens is 2. The van der Waals surface area contributed by atoms with Crippen LogP contribution >= 0.6 is 0 Å². The SMILES string of the molecule is CC(C)NC(=O)CCNCc1ncccn1. The van der Waals surface area contributed by atoms with Crippen molar-refractivity contribution in [3.8, 4) is 0 Å². The van der Waals surface area contributed by atoms with E-state index in [9.17, 15) is 4.79 Å². The van der Waals surface area contributed by atoms with E-state index >= 15 is 0 Å². The van der Waals surface area contributed by atoms with Crippen molar-refractivity contribution in [3.05, 3.63) is 24.3 Å². The minimum Gasteiger partial charge on any atom is -0.354 e. The molecular formula is C11H18N4O. The average Bonchev–Trinajstić information content (AvgIpc) is 2.25. The van der Waals surface area contributed by atoms with Gasteiger partial charge in [0.2, 0.25) is 5.91 Å². The average molecular weight is 222 g/mol. The minimum absolute atomic E-state index is 0.0662. The zero-order chi connectivity index (χ0) is 11.8. The van der Waals surface area contributed by atoms with E-state index in [0.717, 1.165) is 5.82 Å². The number of hydrogen-bond acceptors (Lipinski definition) is 4. The predicted molar refractivity (Wildman–Crippen MR) is 61.6 cm³/mol. The molecule has 2 N–H and O–H groups in total. The van der Waals surface area contributed by atoms with Gasteiger partial charge in [-0.05, 0) is 19.9 Å². The summed E-state index contributed by atoms with van der Waals surface area (Å²) in [6.45, 7) is 5.12. The molecule has 0 unspecified atom stereocenters. The van der Waals surface area contributed by atoms with Crippen molar-refractivity contribution in [3.63, 3.8) is 0 Å². The van der Waals surface area contributed by atoms with Gasteiger partial charge in [0, 0.05) is 31.4 Å². The quantitative estimate of drug-likeness (QED) is 0.687. The molecule has 0 radical (unpaired) electrons. The zero-order valence-corrected chi connectivity index (χ0v) is 9.73. The van der Waals surface area contributed by atoms with Crippen molar-refractivity contribution < 1.29 is 4.79 Å². The largest absolute Gasteiger partial charge is 0.354 e. The summed E-state index contributed by atoms with van der Waals surface area (Å²) in [7, 11) is 0. The highest BCUT2D eigenvalue weighted by Crippen LogP contribution is 1.87. The Morgan fingerprint density at radius 3 is 2.69 bits per heavy atom. The van der Waals surface area contributed by atoms with E-state index in [2.05, 4.69) is 20.6 Å². The van der Waals surface area contributed by atoms with Crippen molar-refractivity contribution in [1.82, 2.24) is 20.6 Å². The number of nitrogens with zero attached hydrogens (tertiary/aromatic N) is 2. The van der Waals surface area contributed by atoms with Crippen LogP contribution in [-0.2, 0) is 11.3 Å². The third-order valence-electron chi connectivity index (χ3n) is 1.88. The lowest BCUT2D eigenvalue weighted by Crippen LogP contribution is -2.32. The van der Waals surface area contributed by atoms with Gasteiger partial charge in [-0.1, -0.05) is 0 Å². The van der Waals surface area contributed by atoms with Gasteiger partial charge < -0.3 is 10.6 Å². The number of hydrogen-bond donors (Lipinski definition) is 2. The smallest absolute Gasteiger partial charge is 0.221 e. The fraction of sp³-hybridized carbons (Fsp3) is 0.545. The summed E-state index contributed by atoms with van der Waals surface area (Å²) in [5, 5.41) is 5.95. The Hall–Kier alpha value is -1.49. The third kappa shape index (κ3) is 5.41. The van der Waals surface area contributed by atoms with Gasteiger partial charge in [0.15, 0.2) is 0 Å². The third-order valence-corrected chi connectivity index (χ3v) is 1.88. The lowest BCUT2D eigenvalue weighted by Gasteiger charge is -2.08. The molecule has 0 atom stereocenters. The van der Waals surface area contributed by atoms with E-state index in [-0.39, 0.29) is 11.9 Å². The van der Waals surface area contributed by atoms with Gasteiger partial charge in [-0.2, -0.15) is 0 Å². The summed E-state index contributed by atoms with van der Waals surface area (Å²) in [5.41, 5.74) is 0. The number of nitrogens with one attached hydrogen (secondary N) is 2. The normalized spacial score (nSPS) is 10.4. The van der Waals surface area contributed by atoms with Crippen LogP contribution in [0.15, 0.2) is 18.5 Å². The van der Waals surface area contributed by atoms with Crippen LogP contribution in [0.3, 0.4) is 0 Å². The van der Waals surface area contributed by atoms with Crippen LogP contribution in [-0.4, -0.2) is 28.5 Å². The van der Waals surface area contributed by atoms with Crippen LogP contribution in [0.5, 0.6) is 0 Å². The monoisotopic (exact) mass is 222 g/mol. The summed E-state index contributed by atoms with van der Waals surface area (Å²) in [6, 6.07) is 1.98. The zero-order valence-electron chi connectivity index (χ0n) is 9.73. The van der Waals surface area contributed by atoms with Crippen LogP contribution in [0.25, 0.3) is 0 Å². The highest BCUT2D eigenvalue weighted by Gasteiger charge is 2.02. The Kier molecular flexibility index (Phi) is 5.42. The van der Waals surface area contributed by atoms with Crippen molar-refractivity contribution in [1.29, 1.82) is 0 Å². The molecular weight excluding hydrogens is 204 g/mol. The summed E-state index contributed by atoms with van der Waals surface area (Å²) in [4.78, 5) is 19.4. The lowest BCUT2D eigenvalue weighted by molar-refractivity contribution is -0.121. The van der Waals surface area contributed by atoms with E-state index in [1.807, 2.05) is 13.8 Å². The van der Waals surface area contributed by atoms with Gasteiger partial charge in [0.1, 0.15) is 5.82 Å². The Morgan fingerprint density at radius 2 is 2.06 bits per heavy atom. The molecule has 5 nitrogen and oxygen atoms in total. The molecule has 0 saturated heterocycles. The highest BCUT2D eigenvalue weighted by atomic mass is 16.1. The van der Waals surface area contributed by atoms with Crippen molar-refractivity contribution in [2.75, 3.05) is 6.54 Å². The molecule has 0 aliphatic rings. The molecule has 0 fully saturated rings. The molecule has 88 valence electrons. The minimum atomic E-state index is 0.0662. The van der Waals surface area contributed by atoms with Crippen molar-refractivity contribution in [2.45, 2.75) is 32.9 Å². The molecule has 0 aliphatic heterocycles. The summed E-state index contributed by atoms with van der Waals surface area (Å²) >= 11 is 0. The summed E-state index contributed by atoms with van der Waals surface area (Å²) < 4.78 is 0. The molecule has 1 heterocycles. The Balaban J connectivity index is 2.10. The molecule has 0 aliphatic carbocycles. The standard InChI is InChI=1S/C11H18N4O/c1-9(2)15-11(16)4-7-12-8-10-13-5-3-6-14-10/h3,5-6,9,12H,4,7-8H2,1-2H3,(H,15,16). The van der Waals surface area contributed by atoms with Gasteiger partial charge in [0.05, 0.1) is 6.54 Å². The molecule has 0 spiro atoms. The molecule has 1 aromatic rings. The fourth-order valence-electron chi connectivity index (χ4n) is 1.22. The molecule has 16 heavy (non-hydrogen) atoms. The molecule has 0 aromatic carbocycles. The molecule has 1 aromatic heterocycles. The van der Waals surface area contributed by atoms with E-state index in [1.165, 1.54) is 0 Å². The molecule has 0 saturated carbocycles.